The zero-order valence-corrected chi connectivity index (χ0v) is 71.6. The second-order valence-electron chi connectivity index (χ2n) is 21.3. The van der Waals surface area contributed by atoms with Gasteiger partial charge in [-0.1, -0.05) is 544 Å². The molecule has 0 bridgehead atoms. The third kappa shape index (κ3) is 102. The van der Waals surface area contributed by atoms with Gasteiger partial charge in [0.2, 0.25) is 0 Å². The maximum absolute atomic E-state index is 2.24. The molecule has 0 unspecified atom stereocenters. The van der Waals surface area contributed by atoms with E-state index in [4.69, 9.17) is 0 Å². The third-order valence-corrected chi connectivity index (χ3v) is 12.0. The van der Waals surface area contributed by atoms with Gasteiger partial charge in [-0.3, -0.25) is 0 Å². The third-order valence-electron chi connectivity index (χ3n) is 12.0. The van der Waals surface area contributed by atoms with Crippen molar-refractivity contribution in [1.82, 2.24) is 0 Å². The van der Waals surface area contributed by atoms with Crippen LogP contribution in [0.15, 0.2) is 194 Å². The minimum absolute atomic E-state index is 0. The molecule has 4 aliphatic carbocycles. The standard InChI is InChI=1S/C13H12.C10H8.C9H10.2C8H10.3C5H10.6C3H8.8C2H6.CH4/c1-3-7-12(8-4-1)11-13-9-5-2-6-10-13;1-2-6-10-8-4-3-7-9(10)5-1;1-2-5-9-7-3-6-8(9)4-1;2*1-2-8-6-4-3-5-7-8;3*1-2-4-5-3-1;6*1-3-2;8*1-2;/h1-10H,11H2;1-8H;1-2,4-5H,3,6-7H2;2*3-7H,2H2,1H3;3*1-5H2;6*3H2,1-2H3;8*1-2H3;1H4. The molecule has 0 N–H and O–H groups in total. The predicted octanol–water partition coefficient (Wildman–Crippen LogP) is 36.0. The zero-order valence-electron chi connectivity index (χ0n) is 71.6. The second-order valence-corrected chi connectivity index (χ2v) is 21.3. The Morgan fingerprint density at radius 2 is 0.327 bits per heavy atom. The van der Waals surface area contributed by atoms with E-state index in [0.29, 0.717) is 0 Å². The Hall–Kier alpha value is -5.20. The molecule has 98 heavy (non-hydrogen) atoms. The van der Waals surface area contributed by atoms with Crippen LogP contribution >= 0.6 is 0 Å². The summed E-state index contributed by atoms with van der Waals surface area (Å²) in [4.78, 5) is 0. The lowest BCUT2D eigenvalue weighted by atomic mass is 10.1. The van der Waals surface area contributed by atoms with E-state index in [9.17, 15) is 0 Å². The molecule has 0 heteroatoms. The van der Waals surface area contributed by atoms with Crippen LogP contribution in [0, 0.1) is 0 Å². The zero-order chi connectivity index (χ0) is 76.3. The van der Waals surface area contributed by atoms with Gasteiger partial charge in [-0.25, -0.2) is 0 Å². The van der Waals surface area contributed by atoms with E-state index >= 15 is 0 Å². The van der Waals surface area contributed by atoms with Crippen molar-refractivity contribution in [2.24, 2.45) is 0 Å². The van der Waals surface area contributed by atoms with E-state index in [1.54, 1.807) is 11.1 Å². The van der Waals surface area contributed by atoms with E-state index in [1.165, 1.54) is 187 Å². The fourth-order valence-corrected chi connectivity index (χ4v) is 8.15. The first-order valence-electron chi connectivity index (χ1n) is 41.4. The molecule has 3 fully saturated rings. The first-order chi connectivity index (χ1) is 47.7. The largest absolute Gasteiger partial charge is 0.0776 e. The molecule has 0 heterocycles. The predicted molar refractivity (Wildman–Crippen MR) is 472 cm³/mol. The van der Waals surface area contributed by atoms with Crippen molar-refractivity contribution in [2.45, 2.75) is 389 Å². The molecule has 0 atom stereocenters. The van der Waals surface area contributed by atoms with E-state index in [0.717, 1.165) is 19.3 Å². The van der Waals surface area contributed by atoms with Crippen molar-refractivity contribution in [3.63, 3.8) is 0 Å². The van der Waals surface area contributed by atoms with Crippen molar-refractivity contribution >= 4 is 10.8 Å². The molecule has 0 aromatic heterocycles. The average Bonchev–Trinajstić information content (AvgIpc) is 1.45. The lowest BCUT2D eigenvalue weighted by molar-refractivity contribution is 0.886. The first-order valence-corrected chi connectivity index (χ1v) is 41.4. The highest BCUT2D eigenvalue weighted by atomic mass is 14.1. The highest BCUT2D eigenvalue weighted by Crippen LogP contribution is 2.20. The van der Waals surface area contributed by atoms with Crippen LogP contribution in [-0.2, 0) is 32.1 Å². The summed E-state index contributed by atoms with van der Waals surface area (Å²) in [6.07, 6.45) is 37.3. The summed E-state index contributed by atoms with van der Waals surface area (Å²) in [5.41, 5.74) is 8.69. The van der Waals surface area contributed by atoms with Gasteiger partial charge in [0.05, 0.1) is 0 Å². The Balaban J connectivity index is -0.0000000818. The Bertz CT molecular complexity index is 1930. The molecule has 0 aliphatic heterocycles. The summed E-state index contributed by atoms with van der Waals surface area (Å²) in [7, 11) is 0. The Labute approximate surface area is 623 Å². The Morgan fingerprint density at radius 3 is 0.480 bits per heavy atom. The molecule has 3 saturated carbocycles. The van der Waals surface area contributed by atoms with Crippen LogP contribution in [0.25, 0.3) is 10.8 Å². The molecule has 0 saturated heterocycles. The lowest BCUT2D eigenvalue weighted by Gasteiger charge is -2.00. The number of benzene rings is 7. The molecule has 0 radical (unpaired) electrons. The topological polar surface area (TPSA) is 0 Å². The first kappa shape index (κ1) is 120. The van der Waals surface area contributed by atoms with E-state index in [-0.39, 0.29) is 7.43 Å². The number of hydrogen-bond acceptors (Lipinski definition) is 0. The molecular weight excluding hydrogens is 1180 g/mol. The van der Waals surface area contributed by atoms with Crippen LogP contribution in [0.3, 0.4) is 0 Å². The van der Waals surface area contributed by atoms with Crippen molar-refractivity contribution in [3.05, 3.63) is 228 Å². The maximum Gasteiger partial charge on any atom is -0.00258 e. The summed E-state index contributed by atoms with van der Waals surface area (Å²) >= 11 is 0. The average molecular weight is 1360 g/mol. The molecule has 0 spiro atoms. The van der Waals surface area contributed by atoms with Gasteiger partial charge >= 0.3 is 0 Å². The molecule has 572 valence electrons. The monoisotopic (exact) mass is 1360 g/mol. The van der Waals surface area contributed by atoms with Gasteiger partial charge in [-0.2, -0.15) is 0 Å². The highest BCUT2D eigenvalue weighted by molar-refractivity contribution is 5.82. The Morgan fingerprint density at radius 1 is 0.184 bits per heavy atom. The SMILES string of the molecule is C.C1CCCC1.C1CCCC1.C1CCCC1.CC.CC.CC.CC.CC.CC.CC.CC.CCC.CCC.CCC.CCC.CCC.CCC.CCc1ccccc1.CCc1ccccc1.c1ccc(Cc2ccccc2)cc1.c1ccc2c(c1)CCC2.c1ccc2ccccc2c1. The van der Waals surface area contributed by atoms with E-state index in [2.05, 4.69) is 279 Å². The van der Waals surface area contributed by atoms with Crippen LogP contribution in [0.4, 0.5) is 0 Å². The number of aryl methyl sites for hydroxylation is 4. The molecular formula is C98H180. The summed E-state index contributed by atoms with van der Waals surface area (Å²) in [5, 5.41) is 2.62. The summed E-state index contributed by atoms with van der Waals surface area (Å²) in [6, 6.07) is 67.4. The van der Waals surface area contributed by atoms with Gasteiger partial charge in [0.15, 0.2) is 0 Å². The van der Waals surface area contributed by atoms with Crippen LogP contribution in [0.1, 0.15) is 390 Å². The minimum atomic E-state index is 0. The highest BCUT2D eigenvalue weighted by Gasteiger charge is 2.07. The molecule has 0 nitrogen and oxygen atoms in total. The van der Waals surface area contributed by atoms with Gasteiger partial charge in [0.1, 0.15) is 0 Å². The molecule has 7 aromatic carbocycles. The fourth-order valence-electron chi connectivity index (χ4n) is 8.15. The minimum Gasteiger partial charge on any atom is -0.0776 e. The van der Waals surface area contributed by atoms with E-state index in [1.807, 2.05) is 123 Å². The van der Waals surface area contributed by atoms with Crippen molar-refractivity contribution in [2.75, 3.05) is 0 Å². The number of fused-ring (bicyclic) bond motifs is 2. The summed E-state index contributed by atoms with van der Waals surface area (Å²) in [6.45, 7) is 61.8. The summed E-state index contributed by atoms with van der Waals surface area (Å²) in [5.74, 6) is 0. The van der Waals surface area contributed by atoms with Crippen LogP contribution in [0.2, 0.25) is 0 Å². The van der Waals surface area contributed by atoms with Crippen LogP contribution in [0.5, 0.6) is 0 Å². The second kappa shape index (κ2) is 125. The van der Waals surface area contributed by atoms with Crippen molar-refractivity contribution in [3.8, 4) is 0 Å². The lowest BCUT2D eigenvalue weighted by Crippen LogP contribution is -1.85. The molecule has 11 rings (SSSR count). The van der Waals surface area contributed by atoms with Gasteiger partial charge < -0.3 is 0 Å². The normalized spacial score (nSPS) is 10.5. The number of hydrogen-bond donors (Lipinski definition) is 0. The van der Waals surface area contributed by atoms with Gasteiger partial charge in [-0.15, -0.1) is 0 Å². The molecule has 0 amide bonds. The van der Waals surface area contributed by atoms with Crippen LogP contribution in [-0.4, -0.2) is 0 Å². The summed E-state index contributed by atoms with van der Waals surface area (Å²) < 4.78 is 0. The quantitative estimate of drug-likeness (QED) is 0.165. The smallest absolute Gasteiger partial charge is 0.00258 e. The fraction of sp³-hybridized carbons (Fsp3) is 0.592. The number of rotatable bonds is 4. The van der Waals surface area contributed by atoms with Crippen LogP contribution < -0.4 is 0 Å². The van der Waals surface area contributed by atoms with Crippen molar-refractivity contribution < 1.29 is 0 Å². The Kier molecular flexibility index (Phi) is 153. The molecule has 7 aromatic rings. The van der Waals surface area contributed by atoms with Gasteiger partial charge in [0, 0.05) is 0 Å². The van der Waals surface area contributed by atoms with Gasteiger partial charge in [-0.05, 0) is 82.7 Å². The molecule has 4 aliphatic rings. The maximum atomic E-state index is 2.24. The van der Waals surface area contributed by atoms with Gasteiger partial charge in [0.25, 0.3) is 0 Å². The van der Waals surface area contributed by atoms with E-state index < -0.39 is 0 Å². The van der Waals surface area contributed by atoms with Crippen molar-refractivity contribution in [1.29, 1.82) is 0 Å².